The summed E-state index contributed by atoms with van der Waals surface area (Å²) in [6, 6.07) is 6.53. The standard InChI is InChI=1S/C17H20FN3OS.2ClH/c1-11-5-6-19-9-15(11)21-16(22)8-14-10-23-17(20-14)12-3-2-4-13(18)7-12;;/h2-4,7,10-11,15,19H,5-6,8-9H2,1H3,(H,21,22);2*1H. The first-order chi connectivity index (χ1) is 11.1. The topological polar surface area (TPSA) is 54.0 Å². The zero-order valence-electron chi connectivity index (χ0n) is 13.8. The van der Waals surface area contributed by atoms with Crippen molar-refractivity contribution in [3.8, 4) is 10.6 Å². The number of carbonyl (C=O) groups is 1. The first-order valence-corrected chi connectivity index (χ1v) is 8.70. The smallest absolute Gasteiger partial charge is 0.226 e. The molecular formula is C17H22Cl2FN3OS. The number of halogens is 3. The maximum Gasteiger partial charge on any atom is 0.226 e. The van der Waals surface area contributed by atoms with Crippen molar-refractivity contribution in [3.63, 3.8) is 0 Å². The lowest BCUT2D eigenvalue weighted by Gasteiger charge is -2.30. The van der Waals surface area contributed by atoms with E-state index >= 15 is 0 Å². The van der Waals surface area contributed by atoms with Gasteiger partial charge in [0.05, 0.1) is 12.1 Å². The second-order valence-corrected chi connectivity index (χ2v) is 6.83. The van der Waals surface area contributed by atoms with Crippen molar-refractivity contribution in [2.45, 2.75) is 25.8 Å². The van der Waals surface area contributed by atoms with E-state index in [-0.39, 0.29) is 49.0 Å². The molecule has 2 heterocycles. The Bertz CT molecular complexity index is 698. The third-order valence-corrected chi connectivity index (χ3v) is 5.08. The molecular weight excluding hydrogens is 384 g/mol. The highest BCUT2D eigenvalue weighted by molar-refractivity contribution is 7.13. The summed E-state index contributed by atoms with van der Waals surface area (Å²) in [5.41, 5.74) is 1.47. The van der Waals surface area contributed by atoms with E-state index in [0.29, 0.717) is 5.92 Å². The number of aromatic nitrogens is 1. The molecule has 8 heteroatoms. The van der Waals surface area contributed by atoms with Crippen molar-refractivity contribution in [3.05, 3.63) is 41.2 Å². The minimum absolute atomic E-state index is 0. The summed E-state index contributed by atoms with van der Waals surface area (Å²) in [6.45, 7) is 3.99. The van der Waals surface area contributed by atoms with E-state index in [2.05, 4.69) is 22.5 Å². The molecule has 1 saturated heterocycles. The van der Waals surface area contributed by atoms with E-state index in [4.69, 9.17) is 0 Å². The van der Waals surface area contributed by atoms with Crippen LogP contribution in [-0.2, 0) is 11.2 Å². The van der Waals surface area contributed by atoms with Gasteiger partial charge in [0.15, 0.2) is 0 Å². The first-order valence-electron chi connectivity index (χ1n) is 7.82. The molecule has 2 aromatic rings. The summed E-state index contributed by atoms with van der Waals surface area (Å²) < 4.78 is 13.3. The summed E-state index contributed by atoms with van der Waals surface area (Å²) in [5.74, 6) is 0.191. The Morgan fingerprint density at radius 2 is 2.24 bits per heavy atom. The second-order valence-electron chi connectivity index (χ2n) is 5.98. The Kier molecular flexibility index (Phi) is 8.79. The molecule has 2 unspecified atom stereocenters. The van der Waals surface area contributed by atoms with E-state index in [9.17, 15) is 9.18 Å². The summed E-state index contributed by atoms with van der Waals surface area (Å²) in [7, 11) is 0. The molecule has 4 nitrogen and oxygen atoms in total. The highest BCUT2D eigenvalue weighted by Crippen LogP contribution is 2.24. The molecule has 1 aromatic heterocycles. The lowest BCUT2D eigenvalue weighted by Crippen LogP contribution is -2.50. The van der Waals surface area contributed by atoms with Gasteiger partial charge in [0.2, 0.25) is 5.91 Å². The van der Waals surface area contributed by atoms with Gasteiger partial charge in [-0.15, -0.1) is 36.2 Å². The van der Waals surface area contributed by atoms with Gasteiger partial charge in [0, 0.05) is 23.5 Å². The van der Waals surface area contributed by atoms with Gasteiger partial charge in [-0.25, -0.2) is 9.37 Å². The summed E-state index contributed by atoms with van der Waals surface area (Å²) in [4.78, 5) is 16.6. The molecule has 0 radical (unpaired) electrons. The maximum atomic E-state index is 13.3. The van der Waals surface area contributed by atoms with Crippen molar-refractivity contribution >= 4 is 42.1 Å². The van der Waals surface area contributed by atoms with Crippen LogP contribution in [-0.4, -0.2) is 30.0 Å². The van der Waals surface area contributed by atoms with Crippen LogP contribution in [0, 0.1) is 11.7 Å². The average molecular weight is 406 g/mol. The van der Waals surface area contributed by atoms with E-state index in [0.717, 1.165) is 35.8 Å². The molecule has 0 spiro atoms. The van der Waals surface area contributed by atoms with Crippen LogP contribution in [0.25, 0.3) is 10.6 Å². The minimum Gasteiger partial charge on any atom is -0.351 e. The number of rotatable bonds is 4. The molecule has 25 heavy (non-hydrogen) atoms. The molecule has 1 aromatic carbocycles. The predicted molar refractivity (Wildman–Crippen MR) is 104 cm³/mol. The normalized spacial score (nSPS) is 19.4. The van der Waals surface area contributed by atoms with E-state index in [1.165, 1.54) is 23.5 Å². The van der Waals surface area contributed by atoms with Gasteiger partial charge in [-0.05, 0) is 31.0 Å². The van der Waals surface area contributed by atoms with Crippen LogP contribution in [0.3, 0.4) is 0 Å². The lowest BCUT2D eigenvalue weighted by molar-refractivity contribution is -0.121. The SMILES string of the molecule is CC1CCNCC1NC(=O)Cc1csc(-c2cccc(F)c2)n1.Cl.Cl. The average Bonchev–Trinajstić information content (AvgIpc) is 2.98. The number of hydrogen-bond donors (Lipinski definition) is 2. The van der Waals surface area contributed by atoms with Crippen molar-refractivity contribution in [1.82, 2.24) is 15.6 Å². The van der Waals surface area contributed by atoms with Crippen LogP contribution in [0.1, 0.15) is 19.0 Å². The van der Waals surface area contributed by atoms with Gasteiger partial charge in [-0.3, -0.25) is 4.79 Å². The third-order valence-electron chi connectivity index (χ3n) is 4.14. The van der Waals surface area contributed by atoms with Gasteiger partial charge >= 0.3 is 0 Å². The fourth-order valence-electron chi connectivity index (χ4n) is 2.75. The maximum absolute atomic E-state index is 13.3. The van der Waals surface area contributed by atoms with Crippen molar-refractivity contribution < 1.29 is 9.18 Å². The Balaban J connectivity index is 0.00000156. The number of amides is 1. The van der Waals surface area contributed by atoms with Crippen molar-refractivity contribution in [2.24, 2.45) is 5.92 Å². The summed E-state index contributed by atoms with van der Waals surface area (Å²) in [6.07, 6.45) is 1.33. The number of benzene rings is 1. The van der Waals surface area contributed by atoms with Gasteiger partial charge < -0.3 is 10.6 Å². The Morgan fingerprint density at radius 3 is 2.96 bits per heavy atom. The van der Waals surface area contributed by atoms with Crippen LogP contribution in [0.2, 0.25) is 0 Å². The minimum atomic E-state index is -0.282. The fraction of sp³-hybridized carbons (Fsp3) is 0.412. The van der Waals surface area contributed by atoms with E-state index in [1.54, 1.807) is 6.07 Å². The largest absolute Gasteiger partial charge is 0.351 e. The zero-order valence-corrected chi connectivity index (χ0v) is 16.3. The van der Waals surface area contributed by atoms with Gasteiger partial charge in [-0.2, -0.15) is 0 Å². The Morgan fingerprint density at radius 1 is 1.44 bits per heavy atom. The molecule has 0 saturated carbocycles. The van der Waals surface area contributed by atoms with Gasteiger partial charge in [0.25, 0.3) is 0 Å². The van der Waals surface area contributed by atoms with Crippen LogP contribution in [0.4, 0.5) is 4.39 Å². The summed E-state index contributed by atoms with van der Waals surface area (Å²) >= 11 is 1.43. The molecule has 1 fully saturated rings. The number of piperidine rings is 1. The molecule has 3 rings (SSSR count). The first kappa shape index (κ1) is 21.8. The molecule has 0 bridgehead atoms. The third kappa shape index (κ3) is 5.92. The molecule has 1 aliphatic heterocycles. The number of nitrogens with one attached hydrogen (secondary N) is 2. The Hall–Kier alpha value is -1.21. The van der Waals surface area contributed by atoms with Gasteiger partial charge in [0.1, 0.15) is 10.8 Å². The monoisotopic (exact) mass is 405 g/mol. The van der Waals surface area contributed by atoms with Crippen molar-refractivity contribution in [2.75, 3.05) is 13.1 Å². The molecule has 2 atom stereocenters. The fourth-order valence-corrected chi connectivity index (χ4v) is 3.56. The second kappa shape index (κ2) is 10.1. The quantitative estimate of drug-likeness (QED) is 0.818. The molecule has 2 N–H and O–H groups in total. The highest BCUT2D eigenvalue weighted by Gasteiger charge is 2.22. The number of nitrogens with zero attached hydrogens (tertiary/aromatic N) is 1. The van der Waals surface area contributed by atoms with Crippen LogP contribution < -0.4 is 10.6 Å². The molecule has 138 valence electrons. The predicted octanol–water partition coefficient (Wildman–Crippen LogP) is 3.45. The molecule has 0 aliphatic carbocycles. The van der Waals surface area contributed by atoms with E-state index in [1.807, 2.05) is 11.4 Å². The number of thiazole rings is 1. The molecule has 1 aliphatic rings. The van der Waals surface area contributed by atoms with Crippen molar-refractivity contribution in [1.29, 1.82) is 0 Å². The highest BCUT2D eigenvalue weighted by atomic mass is 35.5. The lowest BCUT2D eigenvalue weighted by atomic mass is 9.95. The Labute approximate surface area is 163 Å². The number of carbonyl (C=O) groups excluding carboxylic acids is 1. The number of hydrogen-bond acceptors (Lipinski definition) is 4. The van der Waals surface area contributed by atoms with Crippen LogP contribution in [0.5, 0.6) is 0 Å². The molecule has 1 amide bonds. The zero-order chi connectivity index (χ0) is 16.2. The van der Waals surface area contributed by atoms with Gasteiger partial charge in [-0.1, -0.05) is 19.1 Å². The summed E-state index contributed by atoms with van der Waals surface area (Å²) in [5, 5.41) is 8.98. The van der Waals surface area contributed by atoms with Crippen LogP contribution >= 0.6 is 36.2 Å². The van der Waals surface area contributed by atoms with Crippen LogP contribution in [0.15, 0.2) is 29.6 Å². The van der Waals surface area contributed by atoms with E-state index < -0.39 is 0 Å².